The number of benzene rings is 1. The largest absolute Gasteiger partial charge is 0.443 e. The summed E-state index contributed by atoms with van der Waals surface area (Å²) in [7, 11) is 0. The molecular weight excluding hydrogens is 416 g/mol. The molecule has 0 saturated carbocycles. The highest BCUT2D eigenvalue weighted by Gasteiger charge is 2.45. The molecule has 1 aromatic carbocycles. The summed E-state index contributed by atoms with van der Waals surface area (Å²) in [5.41, 5.74) is -2.53. The molecule has 1 atom stereocenters. The molecule has 0 spiro atoms. The number of hydrogen-bond donors (Lipinski definition) is 0. The van der Waals surface area contributed by atoms with Crippen LogP contribution >= 0.6 is 0 Å². The van der Waals surface area contributed by atoms with Crippen molar-refractivity contribution in [3.63, 3.8) is 0 Å². The Morgan fingerprint density at radius 1 is 1.03 bits per heavy atom. The number of carbonyl (C=O) groups is 1. The van der Waals surface area contributed by atoms with Gasteiger partial charge in [-0.2, -0.15) is 26.3 Å². The van der Waals surface area contributed by atoms with E-state index in [4.69, 9.17) is 0 Å². The highest BCUT2D eigenvalue weighted by atomic mass is 19.4. The molecule has 1 saturated heterocycles. The molecule has 0 radical (unpaired) electrons. The van der Waals surface area contributed by atoms with Crippen LogP contribution in [0.5, 0.6) is 0 Å². The van der Waals surface area contributed by atoms with E-state index in [1.54, 1.807) is 4.90 Å². The molecule has 1 aliphatic heterocycles. The highest BCUT2D eigenvalue weighted by Crippen LogP contribution is 2.39. The van der Waals surface area contributed by atoms with Gasteiger partial charge >= 0.3 is 18.3 Å². The Kier molecular flexibility index (Phi) is 6.18. The molecular formula is C19H17F6N3O2. The zero-order chi connectivity index (χ0) is 21.9. The van der Waals surface area contributed by atoms with Crippen LogP contribution in [0.2, 0.25) is 0 Å². The lowest BCUT2D eigenvalue weighted by molar-refractivity contribution is -0.207. The molecule has 3 rings (SSSR count). The van der Waals surface area contributed by atoms with Crippen molar-refractivity contribution in [1.82, 2.24) is 9.97 Å². The summed E-state index contributed by atoms with van der Waals surface area (Å²) in [6, 6.07) is 3.68. The van der Waals surface area contributed by atoms with Crippen LogP contribution in [-0.4, -0.2) is 35.2 Å². The van der Waals surface area contributed by atoms with Crippen molar-refractivity contribution in [3.05, 3.63) is 53.3 Å². The first-order valence-corrected chi connectivity index (χ1v) is 9.08. The van der Waals surface area contributed by atoms with Gasteiger partial charge in [-0.15, -0.1) is 0 Å². The Bertz CT molecular complexity index is 894. The maximum absolute atomic E-state index is 13.5. The van der Waals surface area contributed by atoms with Crippen LogP contribution in [0, 0.1) is 0 Å². The van der Waals surface area contributed by atoms with Crippen LogP contribution in [-0.2, 0) is 10.9 Å². The van der Waals surface area contributed by atoms with Crippen LogP contribution in [0.3, 0.4) is 0 Å². The molecule has 1 aliphatic rings. The summed E-state index contributed by atoms with van der Waals surface area (Å²) < 4.78 is 83.6. The molecule has 0 bridgehead atoms. The first-order valence-electron chi connectivity index (χ1n) is 9.08. The van der Waals surface area contributed by atoms with Crippen molar-refractivity contribution in [1.29, 1.82) is 0 Å². The maximum Gasteiger partial charge on any atom is 0.429 e. The molecule has 0 aliphatic carbocycles. The summed E-state index contributed by atoms with van der Waals surface area (Å²) in [4.78, 5) is 22.1. The molecule has 0 unspecified atom stereocenters. The van der Waals surface area contributed by atoms with Crippen molar-refractivity contribution in [2.75, 3.05) is 18.0 Å². The minimum Gasteiger partial charge on any atom is -0.443 e. The summed E-state index contributed by atoms with van der Waals surface area (Å²) in [6.45, 7) is 1.29. The predicted molar refractivity (Wildman–Crippen MR) is 93.8 cm³/mol. The lowest BCUT2D eigenvalue weighted by Crippen LogP contribution is -2.31. The van der Waals surface area contributed by atoms with E-state index < -0.39 is 41.2 Å². The number of hydrogen-bond acceptors (Lipinski definition) is 5. The van der Waals surface area contributed by atoms with Gasteiger partial charge in [-0.3, -0.25) is 0 Å². The quantitative estimate of drug-likeness (QED) is 0.505. The maximum atomic E-state index is 13.5. The Morgan fingerprint density at radius 3 is 2.37 bits per heavy atom. The number of nitrogens with zero attached hydrogens (tertiary/aromatic N) is 3. The van der Waals surface area contributed by atoms with Crippen LogP contribution in [0.15, 0.2) is 36.5 Å². The third kappa shape index (κ3) is 5.19. The van der Waals surface area contributed by atoms with Crippen molar-refractivity contribution in [2.24, 2.45) is 0 Å². The monoisotopic (exact) mass is 433 g/mol. The number of alkyl halides is 6. The Hall–Kier alpha value is -2.85. The zero-order valence-corrected chi connectivity index (χ0v) is 15.5. The third-order valence-corrected chi connectivity index (χ3v) is 4.53. The number of rotatable bonds is 4. The second-order valence-corrected chi connectivity index (χ2v) is 6.74. The van der Waals surface area contributed by atoms with E-state index in [1.807, 2.05) is 0 Å². The normalized spacial score (nSPS) is 16.3. The van der Waals surface area contributed by atoms with Crippen molar-refractivity contribution in [2.45, 2.75) is 37.7 Å². The number of carbonyl (C=O) groups excluding carboxylic acids is 1. The second-order valence-electron chi connectivity index (χ2n) is 6.74. The lowest BCUT2D eigenvalue weighted by Gasteiger charge is -2.26. The number of ether oxygens (including phenoxy) is 1. The average Bonchev–Trinajstić information content (AvgIpc) is 2.71. The number of piperidine rings is 1. The third-order valence-electron chi connectivity index (χ3n) is 4.53. The molecule has 0 N–H and O–H groups in total. The fraction of sp³-hybridized carbons (Fsp3) is 0.421. The molecule has 5 nitrogen and oxygen atoms in total. The van der Waals surface area contributed by atoms with Gasteiger partial charge in [-0.05, 0) is 37.5 Å². The first kappa shape index (κ1) is 21.8. The molecule has 2 heterocycles. The topological polar surface area (TPSA) is 55.3 Å². The SMILES string of the molecule is O=C(O[C@@H](c1cccc(C(F)(F)F)c1)C(F)(F)F)c1ccnc(N2CCCCC2)n1. The van der Waals surface area contributed by atoms with Gasteiger partial charge in [-0.25, -0.2) is 14.8 Å². The van der Waals surface area contributed by atoms with Crippen LogP contribution in [0.4, 0.5) is 32.3 Å². The highest BCUT2D eigenvalue weighted by molar-refractivity contribution is 5.87. The van der Waals surface area contributed by atoms with Crippen LogP contribution < -0.4 is 4.90 Å². The number of esters is 1. The van der Waals surface area contributed by atoms with Gasteiger partial charge in [0.15, 0.2) is 5.69 Å². The molecule has 2 aromatic rings. The van der Waals surface area contributed by atoms with Crippen molar-refractivity contribution in [3.8, 4) is 0 Å². The van der Waals surface area contributed by atoms with E-state index in [-0.39, 0.29) is 5.95 Å². The van der Waals surface area contributed by atoms with E-state index in [2.05, 4.69) is 14.7 Å². The van der Waals surface area contributed by atoms with Gasteiger partial charge in [0.25, 0.3) is 0 Å². The number of anilines is 1. The van der Waals surface area contributed by atoms with Gasteiger partial charge in [0.2, 0.25) is 12.1 Å². The van der Waals surface area contributed by atoms with E-state index in [0.717, 1.165) is 37.5 Å². The lowest BCUT2D eigenvalue weighted by atomic mass is 10.1. The zero-order valence-electron chi connectivity index (χ0n) is 15.5. The summed E-state index contributed by atoms with van der Waals surface area (Å²) in [5, 5.41) is 0. The summed E-state index contributed by atoms with van der Waals surface area (Å²) >= 11 is 0. The molecule has 1 fully saturated rings. The first-order chi connectivity index (χ1) is 14.1. The minimum absolute atomic E-state index is 0.187. The fourth-order valence-corrected chi connectivity index (χ4v) is 3.08. The molecule has 11 heteroatoms. The summed E-state index contributed by atoms with van der Waals surface area (Å²) in [6.07, 6.45) is -8.80. The Morgan fingerprint density at radius 2 is 1.73 bits per heavy atom. The smallest absolute Gasteiger partial charge is 0.429 e. The van der Waals surface area contributed by atoms with Gasteiger partial charge in [0.05, 0.1) is 5.56 Å². The van der Waals surface area contributed by atoms with E-state index in [0.29, 0.717) is 25.2 Å². The number of halogens is 6. The Balaban J connectivity index is 1.85. The standard InChI is InChI=1S/C19H17F6N3O2/c20-18(21,22)13-6-4-5-12(11-13)15(19(23,24)25)30-16(29)14-7-8-26-17(27-14)28-9-2-1-3-10-28/h4-8,11,15H,1-3,9-10H2/t15-/m0/s1. The molecule has 0 amide bonds. The molecule has 162 valence electrons. The number of aromatic nitrogens is 2. The van der Waals surface area contributed by atoms with Crippen molar-refractivity contribution < 1.29 is 35.9 Å². The van der Waals surface area contributed by atoms with Gasteiger partial charge in [0, 0.05) is 24.8 Å². The van der Waals surface area contributed by atoms with Gasteiger partial charge in [-0.1, -0.05) is 12.1 Å². The second kappa shape index (κ2) is 8.49. The molecule has 30 heavy (non-hydrogen) atoms. The summed E-state index contributed by atoms with van der Waals surface area (Å²) in [5.74, 6) is -1.22. The van der Waals surface area contributed by atoms with Crippen LogP contribution in [0.25, 0.3) is 0 Å². The van der Waals surface area contributed by atoms with Gasteiger partial charge in [0.1, 0.15) is 0 Å². The van der Waals surface area contributed by atoms with E-state index in [9.17, 15) is 31.1 Å². The van der Waals surface area contributed by atoms with Crippen molar-refractivity contribution >= 4 is 11.9 Å². The average molecular weight is 433 g/mol. The van der Waals surface area contributed by atoms with E-state index >= 15 is 0 Å². The predicted octanol–water partition coefficient (Wildman–Crippen LogP) is 4.95. The van der Waals surface area contributed by atoms with E-state index in [1.165, 1.54) is 6.20 Å². The molecule has 1 aromatic heterocycles. The van der Waals surface area contributed by atoms with Crippen LogP contribution in [0.1, 0.15) is 47.0 Å². The Labute approximate surface area is 167 Å². The van der Waals surface area contributed by atoms with Gasteiger partial charge < -0.3 is 9.64 Å². The minimum atomic E-state index is -5.12. The fourth-order valence-electron chi connectivity index (χ4n) is 3.08.